The molecule has 0 bridgehead atoms. The van der Waals surface area contributed by atoms with Crippen LogP contribution in [0.3, 0.4) is 0 Å². The molecule has 120 valence electrons. The van der Waals surface area contributed by atoms with Crippen LogP contribution in [0.5, 0.6) is 5.75 Å². The molecule has 0 radical (unpaired) electrons. The highest BCUT2D eigenvalue weighted by Crippen LogP contribution is 2.54. The van der Waals surface area contributed by atoms with Gasteiger partial charge in [0, 0.05) is 41.5 Å². The second kappa shape index (κ2) is 4.97. The lowest BCUT2D eigenvalue weighted by Gasteiger charge is -2.55. The molecule has 3 atom stereocenters. The Balaban J connectivity index is 1.48. The Morgan fingerprint density at radius 1 is 1.27 bits per heavy atom. The van der Waals surface area contributed by atoms with Crippen LogP contribution in [0.4, 0.5) is 0 Å². The number of benzene rings is 1. The predicted octanol–water partition coefficient (Wildman–Crippen LogP) is 3.13. The van der Waals surface area contributed by atoms with Gasteiger partial charge < -0.3 is 14.8 Å². The Kier molecular flexibility index (Phi) is 3.28. The molecule has 1 saturated heterocycles. The van der Waals surface area contributed by atoms with Crippen LogP contribution in [0.2, 0.25) is 0 Å². The minimum atomic E-state index is 0.262. The maximum Gasteiger partial charge on any atom is 0.122 e. The second-order valence-corrected chi connectivity index (χ2v) is 7.90. The summed E-state index contributed by atoms with van der Waals surface area (Å²) in [6, 6.07) is 9.10. The lowest BCUT2D eigenvalue weighted by atomic mass is 9.57. The standard InChI is InChI=1S/C19H27NO2/c1-18(2)16(13-8-11-22-17(13)18)20-12-19(9-10-19)14-6-4-5-7-15(14)21-3/h4-7,13,16-17,20H,8-12H2,1-3H3/t13-,16-,17+/m1/s1. The highest BCUT2D eigenvalue weighted by Gasteiger charge is 2.59. The molecule has 3 nitrogen and oxygen atoms in total. The Labute approximate surface area is 133 Å². The van der Waals surface area contributed by atoms with E-state index in [-0.39, 0.29) is 10.8 Å². The van der Waals surface area contributed by atoms with E-state index >= 15 is 0 Å². The number of fused-ring (bicyclic) bond motifs is 1. The van der Waals surface area contributed by atoms with E-state index in [4.69, 9.17) is 9.47 Å². The Morgan fingerprint density at radius 3 is 2.77 bits per heavy atom. The van der Waals surface area contributed by atoms with Crippen molar-refractivity contribution in [1.82, 2.24) is 5.32 Å². The highest BCUT2D eigenvalue weighted by molar-refractivity contribution is 5.43. The summed E-state index contributed by atoms with van der Waals surface area (Å²) in [6.45, 7) is 6.69. The summed E-state index contributed by atoms with van der Waals surface area (Å²) in [5.41, 5.74) is 1.92. The number of methoxy groups -OCH3 is 1. The summed E-state index contributed by atoms with van der Waals surface area (Å²) in [7, 11) is 1.78. The predicted molar refractivity (Wildman–Crippen MR) is 87.3 cm³/mol. The van der Waals surface area contributed by atoms with Gasteiger partial charge in [-0.25, -0.2) is 0 Å². The Bertz CT molecular complexity index is 564. The van der Waals surface area contributed by atoms with Gasteiger partial charge in [-0.15, -0.1) is 0 Å². The summed E-state index contributed by atoms with van der Waals surface area (Å²) in [4.78, 5) is 0. The SMILES string of the molecule is COc1ccccc1C1(CN[C@@H]2[C@H]3CCO[C@@H]3C2(C)C)CC1. The molecule has 2 aliphatic carbocycles. The first-order chi connectivity index (χ1) is 10.6. The van der Waals surface area contributed by atoms with Gasteiger partial charge in [0.15, 0.2) is 0 Å². The molecule has 1 heterocycles. The molecule has 1 N–H and O–H groups in total. The number of hydrogen-bond donors (Lipinski definition) is 1. The smallest absolute Gasteiger partial charge is 0.122 e. The maximum atomic E-state index is 5.91. The molecule has 4 rings (SSSR count). The fourth-order valence-corrected chi connectivity index (χ4v) is 4.82. The monoisotopic (exact) mass is 301 g/mol. The fourth-order valence-electron chi connectivity index (χ4n) is 4.82. The van der Waals surface area contributed by atoms with Gasteiger partial charge in [0.2, 0.25) is 0 Å². The number of ether oxygens (including phenoxy) is 2. The van der Waals surface area contributed by atoms with Crippen molar-refractivity contribution in [2.24, 2.45) is 11.3 Å². The normalized spacial score (nSPS) is 33.9. The van der Waals surface area contributed by atoms with Crippen molar-refractivity contribution in [1.29, 1.82) is 0 Å². The van der Waals surface area contributed by atoms with Gasteiger partial charge in [0.1, 0.15) is 5.75 Å². The number of hydrogen-bond acceptors (Lipinski definition) is 3. The molecule has 1 aromatic rings. The average molecular weight is 301 g/mol. The van der Waals surface area contributed by atoms with E-state index < -0.39 is 0 Å². The summed E-state index contributed by atoms with van der Waals surface area (Å²) in [5.74, 6) is 1.75. The van der Waals surface area contributed by atoms with E-state index in [2.05, 4.69) is 43.4 Å². The minimum absolute atomic E-state index is 0.262. The fraction of sp³-hybridized carbons (Fsp3) is 0.684. The summed E-state index contributed by atoms with van der Waals surface area (Å²) >= 11 is 0. The molecule has 2 saturated carbocycles. The van der Waals surface area contributed by atoms with Crippen molar-refractivity contribution in [2.45, 2.75) is 50.7 Å². The third-order valence-corrected chi connectivity index (χ3v) is 6.29. The molecule has 0 aromatic heterocycles. The lowest BCUT2D eigenvalue weighted by Crippen LogP contribution is -2.66. The summed E-state index contributed by atoms with van der Waals surface area (Å²) in [6.07, 6.45) is 4.20. The minimum Gasteiger partial charge on any atom is -0.496 e. The first-order valence-corrected chi connectivity index (χ1v) is 8.57. The van der Waals surface area contributed by atoms with Crippen LogP contribution >= 0.6 is 0 Å². The van der Waals surface area contributed by atoms with Crippen LogP contribution in [0.1, 0.15) is 38.7 Å². The number of rotatable bonds is 5. The largest absolute Gasteiger partial charge is 0.496 e. The second-order valence-electron chi connectivity index (χ2n) is 7.90. The van der Waals surface area contributed by atoms with E-state index in [0.29, 0.717) is 18.1 Å². The van der Waals surface area contributed by atoms with Crippen molar-refractivity contribution in [3.63, 3.8) is 0 Å². The molecule has 0 amide bonds. The first kappa shape index (κ1) is 14.5. The Hall–Kier alpha value is -1.06. The molecular weight excluding hydrogens is 274 g/mol. The van der Waals surface area contributed by atoms with Crippen molar-refractivity contribution in [2.75, 3.05) is 20.3 Å². The van der Waals surface area contributed by atoms with Crippen LogP contribution in [0, 0.1) is 11.3 Å². The van der Waals surface area contributed by atoms with E-state index in [1.54, 1.807) is 7.11 Å². The topological polar surface area (TPSA) is 30.5 Å². The zero-order valence-electron chi connectivity index (χ0n) is 13.9. The third-order valence-electron chi connectivity index (χ3n) is 6.29. The van der Waals surface area contributed by atoms with Crippen LogP contribution in [0.25, 0.3) is 0 Å². The molecule has 1 aliphatic heterocycles. The molecule has 3 heteroatoms. The average Bonchev–Trinajstić information content (AvgIpc) is 3.17. The van der Waals surface area contributed by atoms with Crippen LogP contribution < -0.4 is 10.1 Å². The summed E-state index contributed by atoms with van der Waals surface area (Å²) in [5, 5.41) is 3.90. The molecule has 3 aliphatic rings. The van der Waals surface area contributed by atoms with Crippen LogP contribution in [-0.4, -0.2) is 32.4 Å². The van der Waals surface area contributed by atoms with Crippen molar-refractivity contribution in [3.8, 4) is 5.75 Å². The molecule has 0 spiro atoms. The van der Waals surface area contributed by atoms with Crippen molar-refractivity contribution in [3.05, 3.63) is 29.8 Å². The van der Waals surface area contributed by atoms with Crippen LogP contribution in [0.15, 0.2) is 24.3 Å². The van der Waals surface area contributed by atoms with E-state index in [1.165, 1.54) is 24.8 Å². The third kappa shape index (κ3) is 2.02. The van der Waals surface area contributed by atoms with Gasteiger partial charge in [-0.1, -0.05) is 32.0 Å². The van der Waals surface area contributed by atoms with Gasteiger partial charge in [-0.2, -0.15) is 0 Å². The van der Waals surface area contributed by atoms with Crippen molar-refractivity contribution < 1.29 is 9.47 Å². The molecule has 1 aromatic carbocycles. The van der Waals surface area contributed by atoms with E-state index in [0.717, 1.165) is 18.9 Å². The van der Waals surface area contributed by atoms with Gasteiger partial charge >= 0.3 is 0 Å². The summed E-state index contributed by atoms with van der Waals surface area (Å²) < 4.78 is 11.5. The van der Waals surface area contributed by atoms with Gasteiger partial charge in [0.25, 0.3) is 0 Å². The Morgan fingerprint density at radius 2 is 2.05 bits per heavy atom. The maximum absolute atomic E-state index is 5.91. The van der Waals surface area contributed by atoms with Gasteiger partial charge in [-0.05, 0) is 25.3 Å². The van der Waals surface area contributed by atoms with Gasteiger partial charge in [0.05, 0.1) is 13.2 Å². The first-order valence-electron chi connectivity index (χ1n) is 8.57. The van der Waals surface area contributed by atoms with E-state index in [1.807, 2.05) is 0 Å². The molecule has 3 fully saturated rings. The lowest BCUT2D eigenvalue weighted by molar-refractivity contribution is -0.112. The van der Waals surface area contributed by atoms with Crippen LogP contribution in [-0.2, 0) is 10.2 Å². The molecule has 0 unspecified atom stereocenters. The molecule has 22 heavy (non-hydrogen) atoms. The van der Waals surface area contributed by atoms with Crippen molar-refractivity contribution >= 4 is 0 Å². The van der Waals surface area contributed by atoms with Gasteiger partial charge in [-0.3, -0.25) is 0 Å². The number of nitrogens with one attached hydrogen (secondary N) is 1. The zero-order chi connectivity index (χ0) is 15.4. The molecular formula is C19H27NO2. The van der Waals surface area contributed by atoms with E-state index in [9.17, 15) is 0 Å². The number of para-hydroxylation sites is 1. The zero-order valence-corrected chi connectivity index (χ0v) is 13.9. The quantitative estimate of drug-likeness (QED) is 0.906. The highest BCUT2D eigenvalue weighted by atomic mass is 16.5.